The summed E-state index contributed by atoms with van der Waals surface area (Å²) in [4.78, 5) is 11.7. The van der Waals surface area contributed by atoms with Gasteiger partial charge in [-0.3, -0.25) is 9.97 Å². The Labute approximate surface area is 362 Å². The average Bonchev–Trinajstić information content (AvgIpc) is 3.19. The number of aromatic nitrogens is 2. The van der Waals surface area contributed by atoms with Crippen molar-refractivity contribution in [1.29, 1.82) is 0 Å². The number of aryl methyl sites for hydroxylation is 2. The van der Waals surface area contributed by atoms with Crippen molar-refractivity contribution in [2.75, 3.05) is 0 Å². The highest BCUT2D eigenvalue weighted by molar-refractivity contribution is 8.00. The molecule has 0 aliphatic carbocycles. The monoisotopic (exact) mass is 834 g/mol. The molecule has 0 unspecified atom stereocenters. The predicted octanol–water partition coefficient (Wildman–Crippen LogP) is 16.7. The number of benzene rings is 5. The molecule has 3 nitrogen and oxygen atoms in total. The van der Waals surface area contributed by atoms with Crippen molar-refractivity contribution in [3.63, 3.8) is 0 Å². The molecule has 7 aromatic rings. The van der Waals surface area contributed by atoms with Crippen LogP contribution in [0, 0.1) is 19.3 Å². The molecule has 1 aliphatic heterocycles. The zero-order chi connectivity index (χ0) is 43.5. The zero-order valence-electron chi connectivity index (χ0n) is 36.7. The van der Waals surface area contributed by atoms with Gasteiger partial charge in [0.2, 0.25) is 0 Å². The van der Waals surface area contributed by atoms with Crippen LogP contribution in [0.25, 0.3) is 55.5 Å². The van der Waals surface area contributed by atoms with E-state index in [1.54, 1.807) is 11.8 Å². The van der Waals surface area contributed by atoms with Crippen molar-refractivity contribution in [1.82, 2.24) is 9.97 Å². The Morgan fingerprint density at radius 2 is 1.31 bits per heavy atom. The van der Waals surface area contributed by atoms with Gasteiger partial charge in [-0.05, 0) is 160 Å². The van der Waals surface area contributed by atoms with Crippen LogP contribution in [0.1, 0.15) is 107 Å². The molecule has 5 aromatic carbocycles. The minimum absolute atomic E-state index is 0.112. The Kier molecular flexibility index (Phi) is 11.2. The van der Waals surface area contributed by atoms with Crippen molar-refractivity contribution in [2.24, 2.45) is 5.41 Å². The number of hydrogen-bond acceptors (Lipinski definition) is 4. The van der Waals surface area contributed by atoms with E-state index in [0.29, 0.717) is 34.8 Å². The van der Waals surface area contributed by atoms with Gasteiger partial charge in [0.05, 0.1) is 16.8 Å². The first-order chi connectivity index (χ1) is 28.9. The average molecular weight is 835 g/mol. The van der Waals surface area contributed by atoms with E-state index < -0.39 is 11.6 Å². The van der Waals surface area contributed by atoms with Crippen molar-refractivity contribution in [3.8, 4) is 56.3 Å². The predicted molar refractivity (Wildman–Crippen MR) is 247 cm³/mol. The van der Waals surface area contributed by atoms with Gasteiger partial charge >= 0.3 is 6.18 Å². The summed E-state index contributed by atoms with van der Waals surface area (Å²) in [5.41, 5.74) is 12.9. The molecule has 2 aromatic heterocycles. The number of alkyl halides is 3. The van der Waals surface area contributed by atoms with E-state index in [1.165, 1.54) is 36.1 Å². The number of ether oxygens (including phenoxy) is 1. The topological polar surface area (TPSA) is 35.0 Å². The molecule has 1 aliphatic rings. The summed E-state index contributed by atoms with van der Waals surface area (Å²) >= 11 is 1.58. The molecule has 0 atom stereocenters. The number of nitrogens with zero attached hydrogens (tertiary/aromatic N) is 2. The van der Waals surface area contributed by atoms with Crippen LogP contribution in [0.15, 0.2) is 119 Å². The maximum absolute atomic E-state index is 14.0. The Bertz CT molecular complexity index is 2790. The van der Waals surface area contributed by atoms with Crippen LogP contribution >= 0.6 is 11.8 Å². The molecule has 61 heavy (non-hydrogen) atoms. The van der Waals surface area contributed by atoms with Crippen LogP contribution in [0.2, 0.25) is 0 Å². The van der Waals surface area contributed by atoms with Gasteiger partial charge in [-0.15, -0.1) is 0 Å². The van der Waals surface area contributed by atoms with Crippen LogP contribution in [-0.4, -0.2) is 16.1 Å². The highest BCUT2D eigenvalue weighted by Crippen LogP contribution is 2.52. The molecule has 0 saturated heterocycles. The number of rotatable bonds is 10. The number of hydrogen-bond donors (Lipinski definition) is 0. The number of halogens is 3. The largest absolute Gasteiger partial charge is 0.457 e. The molecule has 3 heterocycles. The second kappa shape index (κ2) is 16.1. The van der Waals surface area contributed by atoms with Crippen molar-refractivity contribution in [2.45, 2.75) is 109 Å². The Hall–Kier alpha value is -5.40. The highest BCUT2D eigenvalue weighted by atomic mass is 32.2. The van der Waals surface area contributed by atoms with E-state index in [-0.39, 0.29) is 6.42 Å². The van der Waals surface area contributed by atoms with Gasteiger partial charge in [-0.2, -0.15) is 13.2 Å². The minimum Gasteiger partial charge on any atom is -0.457 e. The quantitative estimate of drug-likeness (QED) is 0.137. The third kappa shape index (κ3) is 8.34. The minimum atomic E-state index is -4.32. The van der Waals surface area contributed by atoms with Gasteiger partial charge < -0.3 is 4.74 Å². The molecule has 0 fully saturated rings. The SMILES string of the molecule is Cc1cc(Oc2cc(-c3cc(C)ccn3)cc(-c3c(C(C)C)cc(C(C)C)cc3C(C)C)c2)cc(-c2nccc3c2Sc2cc(CC(C)(C)C(F)(F)F)cc4cccc-3c24)c1. The summed E-state index contributed by atoms with van der Waals surface area (Å²) in [6.07, 6.45) is -0.735. The molecule has 7 heteroatoms. The number of fused-ring (bicyclic) bond motifs is 2. The van der Waals surface area contributed by atoms with Gasteiger partial charge in [0.1, 0.15) is 11.5 Å². The summed E-state index contributed by atoms with van der Waals surface area (Å²) in [5, 5.41) is 1.99. The van der Waals surface area contributed by atoms with Crippen LogP contribution in [0.5, 0.6) is 11.5 Å². The molecule has 8 rings (SSSR count). The Morgan fingerprint density at radius 1 is 0.639 bits per heavy atom. The fraction of sp³-hybridized carbons (Fsp3) is 0.296. The third-order valence-corrected chi connectivity index (χ3v) is 13.1. The number of pyridine rings is 2. The van der Waals surface area contributed by atoms with Crippen LogP contribution in [-0.2, 0) is 6.42 Å². The van der Waals surface area contributed by atoms with Gasteiger partial charge in [0.15, 0.2) is 0 Å². The molecule has 0 saturated carbocycles. The van der Waals surface area contributed by atoms with E-state index >= 15 is 0 Å². The lowest BCUT2D eigenvalue weighted by Crippen LogP contribution is -2.34. The summed E-state index contributed by atoms with van der Waals surface area (Å²) in [6.45, 7) is 20.3. The van der Waals surface area contributed by atoms with Crippen molar-refractivity contribution >= 4 is 22.5 Å². The summed E-state index contributed by atoms with van der Waals surface area (Å²) in [5.74, 6) is 2.39. The highest BCUT2D eigenvalue weighted by Gasteiger charge is 2.47. The third-order valence-electron chi connectivity index (χ3n) is 11.9. The Morgan fingerprint density at radius 3 is 1.98 bits per heavy atom. The smallest absolute Gasteiger partial charge is 0.394 e. The van der Waals surface area contributed by atoms with Crippen LogP contribution < -0.4 is 4.74 Å². The first-order valence-corrected chi connectivity index (χ1v) is 22.0. The van der Waals surface area contributed by atoms with E-state index in [4.69, 9.17) is 14.7 Å². The van der Waals surface area contributed by atoms with Gasteiger partial charge in [0, 0.05) is 38.7 Å². The summed E-state index contributed by atoms with van der Waals surface area (Å²) < 4.78 is 49.0. The molecular weight excluding hydrogens is 782 g/mol. The molecule has 0 radical (unpaired) electrons. The molecule has 0 amide bonds. The Balaban J connectivity index is 1.23. The van der Waals surface area contributed by atoms with Gasteiger partial charge in [-0.1, -0.05) is 104 Å². The first-order valence-electron chi connectivity index (χ1n) is 21.2. The fourth-order valence-corrected chi connectivity index (χ4v) is 9.87. The fourth-order valence-electron chi connectivity index (χ4n) is 8.56. The normalized spacial score (nSPS) is 12.8. The van der Waals surface area contributed by atoms with Gasteiger partial charge in [-0.25, -0.2) is 0 Å². The lowest BCUT2D eigenvalue weighted by Gasteiger charge is -2.29. The van der Waals surface area contributed by atoms with E-state index in [0.717, 1.165) is 70.9 Å². The molecule has 0 bridgehead atoms. The second-order valence-corrected chi connectivity index (χ2v) is 19.4. The van der Waals surface area contributed by atoms with E-state index in [9.17, 15) is 13.2 Å². The first kappa shape index (κ1) is 42.3. The summed E-state index contributed by atoms with van der Waals surface area (Å²) in [7, 11) is 0. The lowest BCUT2D eigenvalue weighted by atomic mass is 9.81. The maximum atomic E-state index is 14.0. The van der Waals surface area contributed by atoms with E-state index in [1.807, 2.05) is 60.9 Å². The van der Waals surface area contributed by atoms with Gasteiger partial charge in [0.25, 0.3) is 0 Å². The van der Waals surface area contributed by atoms with Crippen LogP contribution in [0.3, 0.4) is 0 Å². The lowest BCUT2D eigenvalue weighted by molar-refractivity contribution is -0.211. The van der Waals surface area contributed by atoms with Crippen molar-refractivity contribution in [3.05, 3.63) is 143 Å². The summed E-state index contributed by atoms with van der Waals surface area (Å²) in [6, 6.07) is 33.6. The van der Waals surface area contributed by atoms with Crippen LogP contribution in [0.4, 0.5) is 13.2 Å². The van der Waals surface area contributed by atoms with E-state index in [2.05, 4.69) is 104 Å². The molecule has 0 spiro atoms. The second-order valence-electron chi connectivity index (χ2n) is 18.3. The molecular formula is C54H53F3N2OS. The molecule has 312 valence electrons. The molecule has 0 N–H and O–H groups in total. The maximum Gasteiger partial charge on any atom is 0.394 e. The zero-order valence-corrected chi connectivity index (χ0v) is 37.5. The standard InChI is InChI=1S/C54H53F3N2OS/c1-30(2)37-27-45(31(3)4)49(46(28-37)32(5)6)39-23-38(47-20-33(7)14-16-58-47)24-42(25-39)60-41-19-34(8)18-40(26-41)51-52-44(15-17-59-51)43-13-11-12-36-21-35(22-48(61-52)50(36)43)29-53(9,10)54(55,56)57/h11-28,30-32H,29H2,1-10H3. The van der Waals surface area contributed by atoms with Crippen molar-refractivity contribution < 1.29 is 17.9 Å².